The van der Waals surface area contributed by atoms with Crippen LogP contribution < -0.4 is 10.1 Å². The van der Waals surface area contributed by atoms with Gasteiger partial charge in [0.05, 0.1) is 23.6 Å². The highest BCUT2D eigenvalue weighted by molar-refractivity contribution is 7.80. The zero-order valence-electron chi connectivity index (χ0n) is 17.4. The summed E-state index contributed by atoms with van der Waals surface area (Å²) in [5, 5.41) is 10.4. The van der Waals surface area contributed by atoms with Gasteiger partial charge >= 0.3 is 0 Å². The molecule has 2 aromatic heterocycles. The smallest absolute Gasteiger partial charge is 0.258 e. The highest BCUT2D eigenvalue weighted by Crippen LogP contribution is 2.38. The molecular weight excluding hydrogens is 416 g/mol. The standard InChI is InChI=1S/C22H24N4O2S2/c1-13(2)12-26-14(3)18(21-24-20(25-28-21)17-6-5-11-30-17)19(23-22(26)29)15-7-9-16(27-4)10-8-15/h5-11,13,19H,12H2,1-4H3,(H,23,29). The number of nitrogens with one attached hydrogen (secondary N) is 1. The molecule has 156 valence electrons. The van der Waals surface area contributed by atoms with E-state index in [2.05, 4.69) is 36.1 Å². The van der Waals surface area contributed by atoms with E-state index < -0.39 is 0 Å². The summed E-state index contributed by atoms with van der Waals surface area (Å²) in [6.45, 7) is 7.22. The summed E-state index contributed by atoms with van der Waals surface area (Å²) in [6.07, 6.45) is 0. The first-order chi connectivity index (χ1) is 14.5. The van der Waals surface area contributed by atoms with Gasteiger partial charge in [-0.3, -0.25) is 0 Å². The summed E-state index contributed by atoms with van der Waals surface area (Å²) in [5.74, 6) is 2.35. The van der Waals surface area contributed by atoms with Gasteiger partial charge < -0.3 is 19.5 Å². The first-order valence-corrected chi connectivity index (χ1v) is 11.1. The van der Waals surface area contributed by atoms with E-state index in [-0.39, 0.29) is 6.04 Å². The molecule has 0 fully saturated rings. The quantitative estimate of drug-likeness (QED) is 0.533. The lowest BCUT2D eigenvalue weighted by Gasteiger charge is -2.38. The fourth-order valence-corrected chi connectivity index (χ4v) is 4.51. The second-order valence-corrected chi connectivity index (χ2v) is 8.89. The topological polar surface area (TPSA) is 63.4 Å². The Balaban J connectivity index is 1.80. The van der Waals surface area contributed by atoms with Crippen molar-refractivity contribution in [1.82, 2.24) is 20.4 Å². The summed E-state index contributed by atoms with van der Waals surface area (Å²) in [7, 11) is 1.66. The Morgan fingerprint density at radius 1 is 1.27 bits per heavy atom. The van der Waals surface area contributed by atoms with Gasteiger partial charge in [0.2, 0.25) is 5.82 Å². The molecule has 1 aliphatic heterocycles. The molecule has 0 radical (unpaired) electrons. The molecule has 1 aliphatic rings. The molecule has 0 saturated heterocycles. The van der Waals surface area contributed by atoms with Gasteiger partial charge in [0.15, 0.2) is 5.11 Å². The van der Waals surface area contributed by atoms with Crippen LogP contribution in [0.5, 0.6) is 5.75 Å². The molecule has 0 saturated carbocycles. The molecule has 0 spiro atoms. The third kappa shape index (κ3) is 3.97. The SMILES string of the molecule is COc1ccc(C2NC(=S)N(CC(C)C)C(C)=C2c2nc(-c3cccs3)no2)cc1. The van der Waals surface area contributed by atoms with Crippen LogP contribution in [0.3, 0.4) is 0 Å². The van der Waals surface area contributed by atoms with E-state index in [4.69, 9.17) is 26.5 Å². The summed E-state index contributed by atoms with van der Waals surface area (Å²) >= 11 is 7.30. The predicted octanol–water partition coefficient (Wildman–Crippen LogP) is 5.13. The molecule has 3 heterocycles. The van der Waals surface area contributed by atoms with E-state index in [0.29, 0.717) is 22.7 Å². The van der Waals surface area contributed by atoms with Gasteiger partial charge in [-0.1, -0.05) is 37.2 Å². The van der Waals surface area contributed by atoms with Crippen LogP contribution in [0.1, 0.15) is 38.3 Å². The van der Waals surface area contributed by atoms with Crippen molar-refractivity contribution in [3.8, 4) is 16.5 Å². The number of thiophene rings is 1. The van der Waals surface area contributed by atoms with Crippen LogP contribution in [0.25, 0.3) is 16.3 Å². The van der Waals surface area contributed by atoms with Gasteiger partial charge in [0.25, 0.3) is 5.89 Å². The van der Waals surface area contributed by atoms with Crippen molar-refractivity contribution >= 4 is 34.2 Å². The Morgan fingerprint density at radius 2 is 2.03 bits per heavy atom. The minimum atomic E-state index is -0.191. The van der Waals surface area contributed by atoms with Gasteiger partial charge in [0.1, 0.15) is 5.75 Å². The summed E-state index contributed by atoms with van der Waals surface area (Å²) < 4.78 is 11.0. The second kappa shape index (κ2) is 8.57. The van der Waals surface area contributed by atoms with Crippen molar-refractivity contribution in [2.75, 3.05) is 13.7 Å². The molecule has 0 aliphatic carbocycles. The minimum absolute atomic E-state index is 0.191. The van der Waals surface area contributed by atoms with Crippen LogP contribution in [0, 0.1) is 5.92 Å². The van der Waals surface area contributed by atoms with Crippen molar-refractivity contribution in [2.24, 2.45) is 5.92 Å². The van der Waals surface area contributed by atoms with Crippen LogP contribution in [0.4, 0.5) is 0 Å². The largest absolute Gasteiger partial charge is 0.497 e. The monoisotopic (exact) mass is 440 g/mol. The van der Waals surface area contributed by atoms with E-state index in [0.717, 1.165) is 34.0 Å². The minimum Gasteiger partial charge on any atom is -0.497 e. The zero-order valence-corrected chi connectivity index (χ0v) is 19.0. The fraction of sp³-hybridized carbons (Fsp3) is 0.318. The van der Waals surface area contributed by atoms with E-state index in [9.17, 15) is 0 Å². The fourth-order valence-electron chi connectivity index (χ4n) is 3.53. The number of rotatable bonds is 6. The van der Waals surface area contributed by atoms with Crippen LogP contribution in [0.2, 0.25) is 0 Å². The highest BCUT2D eigenvalue weighted by atomic mass is 32.1. The first-order valence-electron chi connectivity index (χ1n) is 9.78. The van der Waals surface area contributed by atoms with Crippen molar-refractivity contribution in [3.05, 3.63) is 58.9 Å². The molecule has 0 amide bonds. The number of benzene rings is 1. The number of ether oxygens (including phenoxy) is 1. The molecule has 1 atom stereocenters. The summed E-state index contributed by atoms with van der Waals surface area (Å²) in [6, 6.07) is 11.7. The highest BCUT2D eigenvalue weighted by Gasteiger charge is 2.34. The zero-order chi connectivity index (χ0) is 21.3. The van der Waals surface area contributed by atoms with E-state index in [1.54, 1.807) is 18.4 Å². The molecule has 0 bridgehead atoms. The maximum atomic E-state index is 5.74. The molecule has 4 rings (SSSR count). The summed E-state index contributed by atoms with van der Waals surface area (Å²) in [4.78, 5) is 7.81. The van der Waals surface area contributed by atoms with E-state index in [1.807, 2.05) is 41.8 Å². The molecule has 8 heteroatoms. The second-order valence-electron chi connectivity index (χ2n) is 7.56. The third-order valence-electron chi connectivity index (χ3n) is 4.99. The molecule has 30 heavy (non-hydrogen) atoms. The Labute approximate surface area is 185 Å². The maximum Gasteiger partial charge on any atom is 0.258 e. The van der Waals surface area contributed by atoms with Crippen molar-refractivity contribution in [2.45, 2.75) is 26.8 Å². The predicted molar refractivity (Wildman–Crippen MR) is 123 cm³/mol. The lowest BCUT2D eigenvalue weighted by molar-refractivity contribution is 0.385. The molecular formula is C22H24N4O2S2. The molecule has 1 unspecified atom stereocenters. The van der Waals surface area contributed by atoms with Crippen molar-refractivity contribution < 1.29 is 9.26 Å². The Kier molecular flexibility index (Phi) is 5.87. The van der Waals surface area contributed by atoms with Gasteiger partial charge in [0, 0.05) is 12.2 Å². The van der Waals surface area contributed by atoms with Crippen LogP contribution >= 0.6 is 23.6 Å². The lowest BCUT2D eigenvalue weighted by Crippen LogP contribution is -2.47. The maximum absolute atomic E-state index is 5.74. The normalized spacial score (nSPS) is 16.9. The number of aromatic nitrogens is 2. The van der Waals surface area contributed by atoms with Gasteiger partial charge in [-0.2, -0.15) is 4.98 Å². The van der Waals surface area contributed by atoms with Gasteiger partial charge in [-0.25, -0.2) is 0 Å². The Hall–Kier alpha value is -2.71. The summed E-state index contributed by atoms with van der Waals surface area (Å²) in [5.41, 5.74) is 3.01. The molecule has 6 nitrogen and oxygen atoms in total. The van der Waals surface area contributed by atoms with E-state index >= 15 is 0 Å². The number of hydrogen-bond donors (Lipinski definition) is 1. The number of nitrogens with zero attached hydrogens (tertiary/aromatic N) is 3. The molecule has 1 aromatic carbocycles. The van der Waals surface area contributed by atoms with Gasteiger partial charge in [-0.15, -0.1) is 11.3 Å². The van der Waals surface area contributed by atoms with Crippen molar-refractivity contribution in [3.63, 3.8) is 0 Å². The average molecular weight is 441 g/mol. The third-order valence-corrected chi connectivity index (χ3v) is 6.20. The van der Waals surface area contributed by atoms with E-state index in [1.165, 1.54) is 0 Å². The van der Waals surface area contributed by atoms with Crippen LogP contribution in [-0.2, 0) is 0 Å². The number of methoxy groups -OCH3 is 1. The number of hydrogen-bond acceptors (Lipinski definition) is 6. The Bertz CT molecular complexity index is 1060. The number of allylic oxidation sites excluding steroid dienone is 1. The van der Waals surface area contributed by atoms with Crippen LogP contribution in [-0.4, -0.2) is 33.8 Å². The molecule has 3 aromatic rings. The van der Waals surface area contributed by atoms with Gasteiger partial charge in [-0.05, 0) is 54.2 Å². The Morgan fingerprint density at radius 3 is 2.67 bits per heavy atom. The van der Waals surface area contributed by atoms with Crippen LogP contribution in [0.15, 0.2) is 52.0 Å². The number of thiocarbonyl (C=S) groups is 1. The molecule has 1 N–H and O–H groups in total. The average Bonchev–Trinajstić information content (AvgIpc) is 3.42. The first kappa shape index (κ1) is 20.6. The lowest BCUT2D eigenvalue weighted by atomic mass is 9.94. The van der Waals surface area contributed by atoms with Crippen molar-refractivity contribution in [1.29, 1.82) is 0 Å².